The fraction of sp³-hybridized carbons (Fsp3) is 0.222. The maximum absolute atomic E-state index is 13.8. The molecule has 0 spiro atoms. The van der Waals surface area contributed by atoms with Crippen molar-refractivity contribution in [2.24, 2.45) is 0 Å². The molecule has 2 amide bonds. The zero-order chi connectivity index (χ0) is 17.1. The topological polar surface area (TPSA) is 49.4 Å². The van der Waals surface area contributed by atoms with Gasteiger partial charge in [-0.1, -0.05) is 23.7 Å². The van der Waals surface area contributed by atoms with Crippen molar-refractivity contribution < 1.29 is 14.0 Å². The summed E-state index contributed by atoms with van der Waals surface area (Å²) in [6, 6.07) is 11.1. The maximum atomic E-state index is 13.8. The number of carbonyl (C=O) groups is 2. The van der Waals surface area contributed by atoms with E-state index >= 15 is 0 Å². The lowest BCUT2D eigenvalue weighted by atomic mass is 10.1. The largest absolute Gasteiger partial charge is 0.338 e. The molecule has 1 aliphatic rings. The number of hydrogen-bond donors (Lipinski definition) is 1. The van der Waals surface area contributed by atoms with E-state index in [-0.39, 0.29) is 16.6 Å². The van der Waals surface area contributed by atoms with Crippen molar-refractivity contribution >= 4 is 29.1 Å². The number of nitrogens with zero attached hydrogens (tertiary/aromatic N) is 1. The Morgan fingerprint density at radius 2 is 2.08 bits per heavy atom. The van der Waals surface area contributed by atoms with Gasteiger partial charge in [0.1, 0.15) is 5.82 Å². The third kappa shape index (κ3) is 3.74. The number of benzene rings is 2. The Labute approximate surface area is 144 Å². The van der Waals surface area contributed by atoms with Crippen LogP contribution in [0.15, 0.2) is 42.5 Å². The van der Waals surface area contributed by atoms with Gasteiger partial charge in [-0.2, -0.15) is 0 Å². The summed E-state index contributed by atoms with van der Waals surface area (Å²) in [7, 11) is 0. The van der Waals surface area contributed by atoms with Gasteiger partial charge in [-0.05, 0) is 42.3 Å². The van der Waals surface area contributed by atoms with Crippen molar-refractivity contribution in [3.05, 3.63) is 64.4 Å². The van der Waals surface area contributed by atoms with E-state index in [1.54, 1.807) is 23.1 Å². The lowest BCUT2D eigenvalue weighted by Gasteiger charge is -2.16. The average molecular weight is 347 g/mol. The summed E-state index contributed by atoms with van der Waals surface area (Å²) in [6.45, 7) is 1.22. The van der Waals surface area contributed by atoms with Crippen LogP contribution in [0.25, 0.3) is 0 Å². The molecule has 0 saturated carbocycles. The highest BCUT2D eigenvalue weighted by Gasteiger charge is 2.20. The third-order valence-corrected chi connectivity index (χ3v) is 4.15. The first-order valence-electron chi connectivity index (χ1n) is 7.66. The van der Waals surface area contributed by atoms with Crippen LogP contribution in [0.1, 0.15) is 28.8 Å². The molecule has 1 fully saturated rings. The standard InChI is InChI=1S/C18H16ClFN2O2/c19-14-6-7-16(15(20)10-14)21-18(24)13-4-1-3-12(9-13)11-22-8-2-5-17(22)23/h1,3-4,6-7,9-10H,2,5,8,11H2,(H,21,24). The normalized spacial score (nSPS) is 14.1. The molecule has 124 valence electrons. The molecule has 0 bridgehead atoms. The van der Waals surface area contributed by atoms with Crippen molar-refractivity contribution in [1.29, 1.82) is 0 Å². The second-order valence-electron chi connectivity index (χ2n) is 5.70. The maximum Gasteiger partial charge on any atom is 0.255 e. The molecule has 4 nitrogen and oxygen atoms in total. The molecule has 1 aliphatic heterocycles. The number of halogens is 2. The molecule has 1 saturated heterocycles. The van der Waals surface area contributed by atoms with E-state index in [2.05, 4.69) is 5.32 Å². The average Bonchev–Trinajstić information content (AvgIpc) is 2.95. The van der Waals surface area contributed by atoms with Crippen LogP contribution in [0.3, 0.4) is 0 Å². The highest BCUT2D eigenvalue weighted by Crippen LogP contribution is 2.20. The first-order valence-corrected chi connectivity index (χ1v) is 8.04. The van der Waals surface area contributed by atoms with Gasteiger partial charge in [-0.25, -0.2) is 4.39 Å². The predicted octanol–water partition coefficient (Wildman–Crippen LogP) is 3.85. The van der Waals surface area contributed by atoms with Crippen molar-refractivity contribution in [3.8, 4) is 0 Å². The van der Waals surface area contributed by atoms with E-state index in [0.29, 0.717) is 18.5 Å². The van der Waals surface area contributed by atoms with E-state index in [0.717, 1.165) is 24.6 Å². The minimum Gasteiger partial charge on any atom is -0.338 e. The predicted molar refractivity (Wildman–Crippen MR) is 90.5 cm³/mol. The minimum atomic E-state index is -0.588. The van der Waals surface area contributed by atoms with Crippen LogP contribution in [0, 0.1) is 5.82 Å². The summed E-state index contributed by atoms with van der Waals surface area (Å²) in [5.41, 5.74) is 1.35. The van der Waals surface area contributed by atoms with E-state index in [1.807, 2.05) is 6.07 Å². The van der Waals surface area contributed by atoms with Gasteiger partial charge in [0.05, 0.1) is 5.69 Å². The molecule has 0 aromatic heterocycles. The number of amides is 2. The van der Waals surface area contributed by atoms with Gasteiger partial charge in [0.15, 0.2) is 0 Å². The van der Waals surface area contributed by atoms with Crippen LogP contribution >= 0.6 is 11.6 Å². The fourth-order valence-electron chi connectivity index (χ4n) is 2.69. The number of nitrogens with one attached hydrogen (secondary N) is 1. The molecular formula is C18H16ClFN2O2. The Hall–Kier alpha value is -2.40. The van der Waals surface area contributed by atoms with Gasteiger partial charge in [0.2, 0.25) is 5.91 Å². The SMILES string of the molecule is O=C(Nc1ccc(Cl)cc1F)c1cccc(CN2CCCC2=O)c1. The molecule has 0 aliphatic carbocycles. The summed E-state index contributed by atoms with van der Waals surface area (Å²) in [5, 5.41) is 2.80. The van der Waals surface area contributed by atoms with Crippen LogP contribution in [-0.2, 0) is 11.3 Å². The summed E-state index contributed by atoms with van der Waals surface area (Å²) >= 11 is 5.70. The summed E-state index contributed by atoms with van der Waals surface area (Å²) < 4.78 is 13.8. The van der Waals surface area contributed by atoms with Gasteiger partial charge in [-0.15, -0.1) is 0 Å². The number of carbonyl (C=O) groups excluding carboxylic acids is 2. The quantitative estimate of drug-likeness (QED) is 0.914. The Morgan fingerprint density at radius 3 is 2.79 bits per heavy atom. The van der Waals surface area contributed by atoms with E-state index in [4.69, 9.17) is 11.6 Å². The Bertz CT molecular complexity index is 794. The highest BCUT2D eigenvalue weighted by molar-refractivity contribution is 6.30. The van der Waals surface area contributed by atoms with Gasteiger partial charge in [-0.3, -0.25) is 9.59 Å². The number of likely N-dealkylation sites (tertiary alicyclic amines) is 1. The summed E-state index contributed by atoms with van der Waals surface area (Å²) in [4.78, 5) is 25.8. The summed E-state index contributed by atoms with van der Waals surface area (Å²) in [6.07, 6.45) is 1.45. The minimum absolute atomic E-state index is 0.0736. The Kier molecular flexibility index (Phi) is 4.81. The van der Waals surface area contributed by atoms with Crippen LogP contribution in [0.4, 0.5) is 10.1 Å². The highest BCUT2D eigenvalue weighted by atomic mass is 35.5. The van der Waals surface area contributed by atoms with Crippen molar-refractivity contribution in [1.82, 2.24) is 4.90 Å². The van der Waals surface area contributed by atoms with E-state index in [1.165, 1.54) is 12.1 Å². The monoisotopic (exact) mass is 346 g/mol. The lowest BCUT2D eigenvalue weighted by Crippen LogP contribution is -2.24. The zero-order valence-electron chi connectivity index (χ0n) is 12.9. The van der Waals surface area contributed by atoms with Crippen LogP contribution in [-0.4, -0.2) is 23.3 Å². The number of rotatable bonds is 4. The molecule has 1 heterocycles. The second-order valence-corrected chi connectivity index (χ2v) is 6.13. The van der Waals surface area contributed by atoms with Crippen LogP contribution in [0.5, 0.6) is 0 Å². The molecule has 0 unspecified atom stereocenters. The first-order chi connectivity index (χ1) is 11.5. The second kappa shape index (κ2) is 7.01. The first kappa shape index (κ1) is 16.5. The van der Waals surface area contributed by atoms with Gasteiger partial charge in [0, 0.05) is 30.1 Å². The van der Waals surface area contributed by atoms with Crippen LogP contribution < -0.4 is 5.32 Å². The smallest absolute Gasteiger partial charge is 0.255 e. The molecule has 6 heteroatoms. The van der Waals surface area contributed by atoms with Gasteiger partial charge < -0.3 is 10.2 Å². The molecule has 24 heavy (non-hydrogen) atoms. The molecular weight excluding hydrogens is 331 g/mol. The molecule has 0 atom stereocenters. The summed E-state index contributed by atoms with van der Waals surface area (Å²) in [5.74, 6) is -0.867. The molecule has 3 rings (SSSR count). The van der Waals surface area contributed by atoms with E-state index < -0.39 is 11.7 Å². The van der Waals surface area contributed by atoms with Crippen molar-refractivity contribution in [3.63, 3.8) is 0 Å². The van der Waals surface area contributed by atoms with Gasteiger partial charge in [0.25, 0.3) is 5.91 Å². The molecule has 1 N–H and O–H groups in total. The molecule has 0 radical (unpaired) electrons. The lowest BCUT2D eigenvalue weighted by molar-refractivity contribution is -0.128. The molecule has 2 aromatic rings. The van der Waals surface area contributed by atoms with Gasteiger partial charge >= 0.3 is 0 Å². The van der Waals surface area contributed by atoms with Crippen LogP contribution in [0.2, 0.25) is 5.02 Å². The number of hydrogen-bond acceptors (Lipinski definition) is 2. The Balaban J connectivity index is 1.73. The van der Waals surface area contributed by atoms with Crippen molar-refractivity contribution in [2.45, 2.75) is 19.4 Å². The fourth-order valence-corrected chi connectivity index (χ4v) is 2.85. The zero-order valence-corrected chi connectivity index (χ0v) is 13.6. The van der Waals surface area contributed by atoms with E-state index in [9.17, 15) is 14.0 Å². The molecule has 2 aromatic carbocycles. The Morgan fingerprint density at radius 1 is 1.25 bits per heavy atom. The van der Waals surface area contributed by atoms with Crippen molar-refractivity contribution in [2.75, 3.05) is 11.9 Å². The third-order valence-electron chi connectivity index (χ3n) is 3.91. The number of anilines is 1.